The first-order valence-electron chi connectivity index (χ1n) is 6.55. The van der Waals surface area contributed by atoms with Crippen molar-refractivity contribution in [2.45, 2.75) is 25.4 Å². The third-order valence-corrected chi connectivity index (χ3v) is 3.83. The number of benzene rings is 1. The molecule has 110 valence electrons. The van der Waals surface area contributed by atoms with E-state index in [1.165, 1.54) is 0 Å². The normalized spacial score (nSPS) is 18.6. The van der Waals surface area contributed by atoms with Crippen LogP contribution in [-0.4, -0.2) is 32.7 Å². The van der Waals surface area contributed by atoms with Gasteiger partial charge in [0, 0.05) is 25.6 Å². The smallest absolute Gasteiger partial charge is 0.220 e. The highest BCUT2D eigenvalue weighted by molar-refractivity contribution is 6.33. The minimum Gasteiger partial charge on any atom is -0.493 e. The third-order valence-electron chi connectivity index (χ3n) is 3.41. The van der Waals surface area contributed by atoms with Crippen LogP contribution in [0.1, 0.15) is 18.4 Å². The van der Waals surface area contributed by atoms with Gasteiger partial charge in [-0.1, -0.05) is 17.7 Å². The lowest BCUT2D eigenvalue weighted by Crippen LogP contribution is -2.45. The number of carbonyl (C=O) groups excluding carboxylic acids is 1. The van der Waals surface area contributed by atoms with E-state index >= 15 is 0 Å². The molecule has 2 rings (SSSR count). The molecule has 1 saturated heterocycles. The molecule has 0 spiro atoms. The summed E-state index contributed by atoms with van der Waals surface area (Å²) in [6.07, 6.45) is 1.41. The molecule has 1 aliphatic heterocycles. The predicted molar refractivity (Wildman–Crippen MR) is 77.4 cm³/mol. The molecule has 0 radical (unpaired) electrons. The molecule has 0 bridgehead atoms. The van der Waals surface area contributed by atoms with Gasteiger partial charge in [-0.05, 0) is 18.1 Å². The van der Waals surface area contributed by atoms with Crippen LogP contribution >= 0.6 is 11.6 Å². The summed E-state index contributed by atoms with van der Waals surface area (Å²) in [4.78, 5) is 11.1. The molecular formula is C14H19ClN2O3. The molecule has 1 atom stereocenters. The Bertz CT molecular complexity index is 484. The quantitative estimate of drug-likeness (QED) is 0.869. The molecular weight excluding hydrogens is 280 g/mol. The van der Waals surface area contributed by atoms with Gasteiger partial charge in [0.15, 0.2) is 11.5 Å². The number of hydrogen-bond donors (Lipinski definition) is 2. The van der Waals surface area contributed by atoms with Crippen molar-refractivity contribution in [1.82, 2.24) is 10.6 Å². The number of carbonyl (C=O) groups is 1. The molecule has 5 nitrogen and oxygen atoms in total. The van der Waals surface area contributed by atoms with Crippen LogP contribution in [0, 0.1) is 0 Å². The van der Waals surface area contributed by atoms with Gasteiger partial charge < -0.3 is 20.1 Å². The highest BCUT2D eigenvalue weighted by atomic mass is 35.5. The topological polar surface area (TPSA) is 59.6 Å². The van der Waals surface area contributed by atoms with E-state index in [0.29, 0.717) is 36.0 Å². The molecule has 1 amide bonds. The minimum atomic E-state index is 0.118. The number of nitrogens with one attached hydrogen (secondary N) is 2. The largest absolute Gasteiger partial charge is 0.493 e. The van der Waals surface area contributed by atoms with E-state index < -0.39 is 0 Å². The molecule has 1 aliphatic rings. The van der Waals surface area contributed by atoms with E-state index in [-0.39, 0.29) is 11.9 Å². The van der Waals surface area contributed by atoms with Crippen LogP contribution in [0.25, 0.3) is 0 Å². The van der Waals surface area contributed by atoms with Crippen LogP contribution in [0.15, 0.2) is 12.1 Å². The van der Waals surface area contributed by atoms with Crippen LogP contribution in [0.4, 0.5) is 0 Å². The highest BCUT2D eigenvalue weighted by Crippen LogP contribution is 2.37. The van der Waals surface area contributed by atoms with Crippen molar-refractivity contribution < 1.29 is 14.3 Å². The summed E-state index contributed by atoms with van der Waals surface area (Å²) in [6.45, 7) is 1.28. The maximum Gasteiger partial charge on any atom is 0.220 e. The minimum absolute atomic E-state index is 0.118. The van der Waals surface area contributed by atoms with Gasteiger partial charge in [-0.2, -0.15) is 0 Å². The summed E-state index contributed by atoms with van der Waals surface area (Å²) in [7, 11) is 3.15. The monoisotopic (exact) mass is 298 g/mol. The molecule has 20 heavy (non-hydrogen) atoms. The lowest BCUT2D eigenvalue weighted by atomic mass is 10.1. The maximum atomic E-state index is 11.1. The van der Waals surface area contributed by atoms with Gasteiger partial charge in [0.2, 0.25) is 5.91 Å². The van der Waals surface area contributed by atoms with Crippen molar-refractivity contribution >= 4 is 17.5 Å². The second-order valence-corrected chi connectivity index (χ2v) is 5.07. The molecule has 1 heterocycles. The Hall–Kier alpha value is -1.46. The lowest BCUT2D eigenvalue weighted by molar-refractivity contribution is -0.122. The van der Waals surface area contributed by atoms with E-state index in [1.807, 2.05) is 12.1 Å². The van der Waals surface area contributed by atoms with Gasteiger partial charge >= 0.3 is 0 Å². The maximum absolute atomic E-state index is 11.1. The molecule has 0 aliphatic carbocycles. The Morgan fingerprint density at radius 1 is 1.40 bits per heavy atom. The Balaban J connectivity index is 2.01. The van der Waals surface area contributed by atoms with Gasteiger partial charge in [-0.25, -0.2) is 0 Å². The summed E-state index contributed by atoms with van der Waals surface area (Å²) >= 11 is 6.32. The zero-order valence-corrected chi connectivity index (χ0v) is 12.4. The standard InChI is InChI=1S/C14H19ClN2O3/c1-19-11-5-3-9(13(15)14(11)20-2)7-16-10-4-6-12(18)17-8-10/h3,5,10,16H,4,6-8H2,1-2H3,(H,17,18)/t10-/m0/s1. The summed E-state index contributed by atoms with van der Waals surface area (Å²) in [6, 6.07) is 4.03. The molecule has 0 saturated carbocycles. The molecule has 0 unspecified atom stereocenters. The van der Waals surface area contributed by atoms with Crippen molar-refractivity contribution in [1.29, 1.82) is 0 Å². The van der Waals surface area contributed by atoms with Crippen molar-refractivity contribution in [2.75, 3.05) is 20.8 Å². The van der Waals surface area contributed by atoms with Crippen LogP contribution in [0.3, 0.4) is 0 Å². The third kappa shape index (κ3) is 3.35. The average molecular weight is 299 g/mol. The fourth-order valence-corrected chi connectivity index (χ4v) is 2.53. The van der Waals surface area contributed by atoms with Crippen molar-refractivity contribution in [2.24, 2.45) is 0 Å². The zero-order chi connectivity index (χ0) is 14.5. The second-order valence-electron chi connectivity index (χ2n) is 4.69. The van der Waals surface area contributed by atoms with Gasteiger partial charge in [0.25, 0.3) is 0 Å². The van der Waals surface area contributed by atoms with Crippen molar-refractivity contribution in [3.63, 3.8) is 0 Å². The Morgan fingerprint density at radius 2 is 2.20 bits per heavy atom. The SMILES string of the molecule is COc1ccc(CN[C@H]2CCC(=O)NC2)c(Cl)c1OC. The first-order chi connectivity index (χ1) is 9.65. The van der Waals surface area contributed by atoms with Crippen LogP contribution in [0.5, 0.6) is 11.5 Å². The van der Waals surface area contributed by atoms with Crippen LogP contribution in [-0.2, 0) is 11.3 Å². The number of piperidine rings is 1. The number of amides is 1. The van der Waals surface area contributed by atoms with Gasteiger partial charge in [-0.15, -0.1) is 0 Å². The van der Waals surface area contributed by atoms with Crippen LogP contribution < -0.4 is 20.1 Å². The zero-order valence-electron chi connectivity index (χ0n) is 11.7. The Kier molecular flexibility index (Phi) is 5.09. The molecule has 2 N–H and O–H groups in total. The lowest BCUT2D eigenvalue weighted by Gasteiger charge is -2.24. The Morgan fingerprint density at radius 3 is 2.80 bits per heavy atom. The van der Waals surface area contributed by atoms with E-state index in [0.717, 1.165) is 12.0 Å². The van der Waals surface area contributed by atoms with Gasteiger partial charge in [-0.3, -0.25) is 4.79 Å². The van der Waals surface area contributed by atoms with Gasteiger partial charge in [0.05, 0.1) is 19.2 Å². The first kappa shape index (κ1) is 14.9. The van der Waals surface area contributed by atoms with Gasteiger partial charge in [0.1, 0.15) is 0 Å². The van der Waals surface area contributed by atoms with Crippen LogP contribution in [0.2, 0.25) is 5.02 Å². The molecule has 1 aromatic rings. The number of halogens is 1. The number of ether oxygens (including phenoxy) is 2. The van der Waals surface area contributed by atoms with E-state index in [9.17, 15) is 4.79 Å². The van der Waals surface area contributed by atoms with E-state index in [1.54, 1.807) is 14.2 Å². The Labute approximate surface area is 123 Å². The van der Waals surface area contributed by atoms with Crippen molar-refractivity contribution in [3.8, 4) is 11.5 Å². The summed E-state index contributed by atoms with van der Waals surface area (Å²) in [5, 5.41) is 6.79. The predicted octanol–water partition coefficient (Wildman–Crippen LogP) is 1.73. The second kappa shape index (κ2) is 6.81. The number of hydrogen-bond acceptors (Lipinski definition) is 4. The van der Waals surface area contributed by atoms with E-state index in [4.69, 9.17) is 21.1 Å². The molecule has 0 aromatic heterocycles. The van der Waals surface area contributed by atoms with E-state index in [2.05, 4.69) is 10.6 Å². The summed E-state index contributed by atoms with van der Waals surface area (Å²) in [5.41, 5.74) is 0.946. The first-order valence-corrected chi connectivity index (χ1v) is 6.93. The molecule has 1 aromatic carbocycles. The molecule has 6 heteroatoms. The average Bonchev–Trinajstić information content (AvgIpc) is 2.47. The molecule has 1 fully saturated rings. The fourth-order valence-electron chi connectivity index (χ4n) is 2.23. The number of methoxy groups -OCH3 is 2. The fraction of sp³-hybridized carbons (Fsp3) is 0.500. The van der Waals surface area contributed by atoms with Crippen molar-refractivity contribution in [3.05, 3.63) is 22.7 Å². The summed E-state index contributed by atoms with van der Waals surface area (Å²) < 4.78 is 10.5. The summed E-state index contributed by atoms with van der Waals surface area (Å²) in [5.74, 6) is 1.28. The number of rotatable bonds is 5. The highest BCUT2D eigenvalue weighted by Gasteiger charge is 2.18.